The fourth-order valence-electron chi connectivity index (χ4n) is 4.46. The van der Waals surface area contributed by atoms with Crippen molar-refractivity contribution < 1.29 is 52.3 Å². The van der Waals surface area contributed by atoms with Crippen LogP contribution in [0.2, 0.25) is 0 Å². The van der Waals surface area contributed by atoms with Gasteiger partial charge < -0.3 is 211 Å². The molecular formula is C35H40Cr2F4N7PS14. The maximum atomic E-state index is 13.1. The molecule has 0 saturated carbocycles. The summed E-state index contributed by atoms with van der Waals surface area (Å²) >= 11 is 66.3. The number of benzene rings is 3. The number of hydrogen-bond donors (Lipinski definition) is 6. The number of thiocarbonyl (C=S) groups is 7. The second-order valence-electron chi connectivity index (χ2n) is 11.5. The van der Waals surface area contributed by atoms with Crippen molar-refractivity contribution in [1.29, 1.82) is 0 Å². The predicted octanol–water partition coefficient (Wildman–Crippen LogP) is 11.2. The van der Waals surface area contributed by atoms with Gasteiger partial charge in [-0.25, -0.2) is 17.6 Å². The SMILES string of the molecule is CC(F)[P+](C(C)F)(C(C)F)C(C)F.CN(C)C(=S)[S-].S=C([S-])Nc1ccccc1NC(=S)[S-].S=C([S-])Nc1ccccc1NC(=S)[S-].S=C([S-])Nc1ccccc1NC(=S)[S-].[Cr+3].[Cr+3]. The van der Waals surface area contributed by atoms with E-state index < -0.39 is 30.9 Å². The van der Waals surface area contributed by atoms with Crippen LogP contribution in [0.1, 0.15) is 27.7 Å². The summed E-state index contributed by atoms with van der Waals surface area (Å²) in [6, 6.07) is 22.3. The smallest absolute Gasteiger partial charge is 0.411 e. The van der Waals surface area contributed by atoms with Gasteiger partial charge in [0.2, 0.25) is 23.7 Å². The second kappa shape index (κ2) is 37.6. The van der Waals surface area contributed by atoms with Crippen LogP contribution in [0.25, 0.3) is 0 Å². The van der Waals surface area contributed by atoms with Crippen LogP contribution in [-0.2, 0) is 123 Å². The normalized spacial score (nSPS) is 12.2. The number of nitrogens with one attached hydrogen (secondary N) is 6. The first-order valence-electron chi connectivity index (χ1n) is 16.7. The van der Waals surface area contributed by atoms with Crippen LogP contribution in [0.15, 0.2) is 72.8 Å². The molecule has 0 amide bonds. The molecule has 0 saturated heterocycles. The molecule has 3 aromatic carbocycles. The number of rotatable bonds is 10. The molecule has 4 atom stereocenters. The van der Waals surface area contributed by atoms with Gasteiger partial charge in [-0.3, -0.25) is 0 Å². The van der Waals surface area contributed by atoms with Crippen molar-refractivity contribution in [1.82, 2.24) is 4.90 Å². The number of halogens is 4. The van der Waals surface area contributed by atoms with Gasteiger partial charge in [0.05, 0.1) is 34.1 Å². The minimum Gasteiger partial charge on any atom is -0.411 e. The molecule has 3 aromatic rings. The standard InChI is InChI=1S/C8H16F4P.3C8H8N2S4.C3H7NS2.2Cr/c1-5(9)13(6(2)10,7(3)11)8(4)12;3*11-7(12)9-5-3-1-2-4-6(5)10-8(13)14;1-4(2)3(5)6;;/h5-8H,1-4H3;3*1-4H,(H2,9,11,12)(H2,10,13,14);1-2H3,(H,5,6);;/q+1;;;;;2*+3/p-7. The van der Waals surface area contributed by atoms with E-state index in [0.29, 0.717) is 4.32 Å². The van der Waals surface area contributed by atoms with Crippen molar-refractivity contribution in [2.75, 3.05) is 46.0 Å². The van der Waals surface area contributed by atoms with Gasteiger partial charge in [-0.15, -0.1) is 0 Å². The van der Waals surface area contributed by atoms with Crippen molar-refractivity contribution in [3.63, 3.8) is 0 Å². The van der Waals surface area contributed by atoms with Crippen molar-refractivity contribution >= 4 is 246 Å². The Labute approximate surface area is 467 Å². The molecule has 0 aliphatic rings. The molecule has 63 heavy (non-hydrogen) atoms. The molecule has 0 aliphatic heterocycles. The number of para-hydroxylation sites is 6. The van der Waals surface area contributed by atoms with Crippen LogP contribution in [0, 0.1) is 0 Å². The monoisotopic (exact) mass is 1220 g/mol. The topological polar surface area (TPSA) is 75.4 Å². The van der Waals surface area contributed by atoms with Gasteiger partial charge in [0, 0.05) is 41.8 Å². The fraction of sp³-hybridized carbons (Fsp3) is 0.286. The number of hydrogen-bond acceptors (Lipinski definition) is 14. The van der Waals surface area contributed by atoms with E-state index in [2.05, 4.69) is 56.7 Å². The van der Waals surface area contributed by atoms with Gasteiger partial charge in [0.15, 0.2) is 7.26 Å². The third-order valence-corrected chi connectivity index (χ3v) is 13.9. The van der Waals surface area contributed by atoms with Crippen LogP contribution < -0.4 is 31.9 Å². The molecule has 28 heteroatoms. The molecule has 0 aromatic heterocycles. The van der Waals surface area contributed by atoms with E-state index in [4.69, 9.17) is 149 Å². The van der Waals surface area contributed by atoms with E-state index in [1.54, 1.807) is 4.90 Å². The Balaban J connectivity index is -0.000000350. The summed E-state index contributed by atoms with van der Waals surface area (Å²) in [4.78, 5) is 1.71. The largest absolute Gasteiger partial charge is 3.00 e. The Bertz CT molecular complexity index is 1610. The van der Waals surface area contributed by atoms with E-state index in [-0.39, 0.29) is 60.6 Å². The average Bonchev–Trinajstić information content (AvgIpc) is 3.10. The molecule has 0 spiro atoms. The first-order valence-corrected chi connectivity index (χ1v) is 24.5. The van der Waals surface area contributed by atoms with Gasteiger partial charge in [-0.2, -0.15) is 0 Å². The van der Waals surface area contributed by atoms with Crippen molar-refractivity contribution in [3.05, 3.63) is 72.8 Å². The Kier molecular flexibility index (Phi) is 41.3. The molecule has 7 nitrogen and oxygen atoms in total. The van der Waals surface area contributed by atoms with Crippen molar-refractivity contribution in [2.24, 2.45) is 0 Å². The molecular weight excluding hydrogens is 1180 g/mol. The van der Waals surface area contributed by atoms with Crippen molar-refractivity contribution in [2.45, 2.75) is 51.3 Å². The van der Waals surface area contributed by atoms with Gasteiger partial charge in [-0.05, 0) is 36.4 Å². The predicted molar refractivity (Wildman–Crippen MR) is 304 cm³/mol. The summed E-state index contributed by atoms with van der Waals surface area (Å²) in [5.74, 6) is -6.97. The minimum absolute atomic E-state index is 0. The molecule has 0 bridgehead atoms. The average molecular weight is 1220 g/mol. The van der Waals surface area contributed by atoms with Gasteiger partial charge in [-0.1, -0.05) is 66.6 Å². The Hall–Kier alpha value is -0.355. The van der Waals surface area contributed by atoms with Crippen LogP contribution in [0.4, 0.5) is 51.7 Å². The molecule has 6 N–H and O–H groups in total. The summed E-state index contributed by atoms with van der Waals surface area (Å²) in [6.07, 6.45) is 0. The quantitative estimate of drug-likeness (QED) is 0.0504. The summed E-state index contributed by atoms with van der Waals surface area (Å²) in [7, 11) is 0.207. The van der Waals surface area contributed by atoms with Gasteiger partial charge in [0.25, 0.3) is 0 Å². The van der Waals surface area contributed by atoms with Crippen molar-refractivity contribution in [3.8, 4) is 0 Å². The van der Waals surface area contributed by atoms with Crippen LogP contribution in [0.5, 0.6) is 0 Å². The molecule has 0 heterocycles. The molecule has 2 radical (unpaired) electrons. The number of alkyl halides is 4. The molecule has 3 rings (SSSR count). The summed E-state index contributed by atoms with van der Waals surface area (Å²) in [5, 5.41) is 17.1. The Morgan fingerprint density at radius 1 is 0.413 bits per heavy atom. The summed E-state index contributed by atoms with van der Waals surface area (Å²) in [6.45, 7) is 4.15. The second-order valence-corrected chi connectivity index (χ2v) is 23.6. The van der Waals surface area contributed by atoms with E-state index in [1.165, 1.54) is 0 Å². The molecule has 0 aliphatic carbocycles. The van der Waals surface area contributed by atoms with Crippen LogP contribution in [-0.4, -0.2) is 72.9 Å². The molecule has 344 valence electrons. The zero-order valence-electron chi connectivity index (χ0n) is 33.7. The van der Waals surface area contributed by atoms with Gasteiger partial charge >= 0.3 is 34.7 Å². The van der Waals surface area contributed by atoms with E-state index in [9.17, 15) is 17.6 Å². The molecule has 4 unspecified atom stereocenters. The van der Waals surface area contributed by atoms with Crippen LogP contribution in [0.3, 0.4) is 0 Å². The third-order valence-electron chi connectivity index (χ3n) is 7.03. The maximum Gasteiger partial charge on any atom is 3.00 e. The number of anilines is 6. The molecule has 0 fully saturated rings. The zero-order valence-corrected chi connectivity index (χ0v) is 48.6. The first kappa shape index (κ1) is 69.2. The number of nitrogens with zero attached hydrogens (tertiary/aromatic N) is 1. The fourth-order valence-corrected chi connectivity index (χ4v) is 9.18. The summed E-state index contributed by atoms with van der Waals surface area (Å²) in [5.41, 5.74) is 4.67. The Morgan fingerprint density at radius 2 is 0.540 bits per heavy atom. The van der Waals surface area contributed by atoms with E-state index >= 15 is 0 Å². The Morgan fingerprint density at radius 3 is 0.603 bits per heavy atom. The van der Waals surface area contributed by atoms with Crippen LogP contribution >= 0.6 is 92.8 Å². The zero-order chi connectivity index (χ0) is 47.6. The van der Waals surface area contributed by atoms with Gasteiger partial charge in [0.1, 0.15) is 0 Å². The maximum absolute atomic E-state index is 13.1. The minimum atomic E-state index is -3.45. The van der Waals surface area contributed by atoms with E-state index in [1.807, 2.05) is 86.9 Å². The summed E-state index contributed by atoms with van der Waals surface area (Å²) < 4.78 is 54.6. The van der Waals surface area contributed by atoms with E-state index in [0.717, 1.165) is 61.8 Å². The third kappa shape index (κ3) is 30.6. The first-order chi connectivity index (χ1) is 28.2.